The van der Waals surface area contributed by atoms with Gasteiger partial charge in [0.25, 0.3) is 5.91 Å². The monoisotopic (exact) mass is 370 g/mol. The molecule has 0 saturated carbocycles. The SMILES string of the molecule is O=C(Cc1ccccc1)NN1C(=O)/C(=C\c2cccc(O)c2)SC1=S. The van der Waals surface area contributed by atoms with Gasteiger partial charge in [0.15, 0.2) is 4.32 Å². The Kier molecular flexibility index (Phi) is 5.16. The van der Waals surface area contributed by atoms with E-state index in [9.17, 15) is 14.7 Å². The fourth-order valence-electron chi connectivity index (χ4n) is 2.28. The molecule has 0 bridgehead atoms. The van der Waals surface area contributed by atoms with Crippen LogP contribution in [0.1, 0.15) is 11.1 Å². The first-order chi connectivity index (χ1) is 12.0. The average molecular weight is 370 g/mol. The molecule has 25 heavy (non-hydrogen) atoms. The van der Waals surface area contributed by atoms with E-state index in [0.717, 1.165) is 22.3 Å². The number of hydrazine groups is 1. The van der Waals surface area contributed by atoms with Gasteiger partial charge in [-0.15, -0.1) is 0 Å². The quantitative estimate of drug-likeness (QED) is 0.640. The Hall–Kier alpha value is -2.64. The van der Waals surface area contributed by atoms with Gasteiger partial charge in [-0.3, -0.25) is 15.0 Å². The third kappa shape index (κ3) is 4.26. The van der Waals surface area contributed by atoms with E-state index in [1.54, 1.807) is 30.3 Å². The summed E-state index contributed by atoms with van der Waals surface area (Å²) in [5.41, 5.74) is 4.07. The number of amides is 2. The first-order valence-corrected chi connectivity index (χ1v) is 8.66. The zero-order valence-electron chi connectivity index (χ0n) is 13.0. The number of nitrogens with one attached hydrogen (secondary N) is 1. The van der Waals surface area contributed by atoms with Crippen LogP contribution in [-0.4, -0.2) is 26.3 Å². The van der Waals surface area contributed by atoms with Crippen molar-refractivity contribution in [1.82, 2.24) is 10.4 Å². The van der Waals surface area contributed by atoms with E-state index < -0.39 is 0 Å². The van der Waals surface area contributed by atoms with E-state index in [1.807, 2.05) is 30.3 Å². The summed E-state index contributed by atoms with van der Waals surface area (Å²) in [6.45, 7) is 0. The van der Waals surface area contributed by atoms with Crippen molar-refractivity contribution in [1.29, 1.82) is 0 Å². The van der Waals surface area contributed by atoms with Gasteiger partial charge < -0.3 is 5.11 Å². The lowest BCUT2D eigenvalue weighted by Crippen LogP contribution is -2.45. The number of thioether (sulfide) groups is 1. The van der Waals surface area contributed by atoms with E-state index in [0.29, 0.717) is 10.5 Å². The van der Waals surface area contributed by atoms with Gasteiger partial charge in [-0.1, -0.05) is 54.2 Å². The Bertz CT molecular complexity index is 866. The maximum absolute atomic E-state index is 12.5. The molecule has 126 valence electrons. The zero-order chi connectivity index (χ0) is 17.8. The van der Waals surface area contributed by atoms with Gasteiger partial charge in [-0.05, 0) is 41.6 Å². The highest BCUT2D eigenvalue weighted by atomic mass is 32.2. The van der Waals surface area contributed by atoms with Crippen LogP contribution in [0.4, 0.5) is 0 Å². The Morgan fingerprint density at radius 1 is 1.20 bits per heavy atom. The lowest BCUT2D eigenvalue weighted by Gasteiger charge is -2.15. The van der Waals surface area contributed by atoms with E-state index >= 15 is 0 Å². The fourth-order valence-corrected chi connectivity index (χ4v) is 3.45. The second-order valence-electron chi connectivity index (χ2n) is 5.31. The number of phenolic OH excluding ortho intramolecular Hbond substituents is 1. The molecule has 0 unspecified atom stereocenters. The zero-order valence-corrected chi connectivity index (χ0v) is 14.6. The van der Waals surface area contributed by atoms with Crippen molar-refractivity contribution in [3.63, 3.8) is 0 Å². The molecule has 1 aliphatic heterocycles. The molecular weight excluding hydrogens is 356 g/mol. The van der Waals surface area contributed by atoms with E-state index in [-0.39, 0.29) is 28.3 Å². The van der Waals surface area contributed by atoms with Crippen LogP contribution < -0.4 is 5.43 Å². The van der Waals surface area contributed by atoms with Crippen LogP contribution in [0.5, 0.6) is 5.75 Å². The minimum absolute atomic E-state index is 0.111. The van der Waals surface area contributed by atoms with Gasteiger partial charge in [-0.25, -0.2) is 0 Å². The van der Waals surface area contributed by atoms with Gasteiger partial charge in [0.05, 0.1) is 11.3 Å². The first-order valence-electron chi connectivity index (χ1n) is 7.43. The van der Waals surface area contributed by atoms with E-state index in [2.05, 4.69) is 5.43 Å². The van der Waals surface area contributed by atoms with Gasteiger partial charge in [0.1, 0.15) is 5.75 Å². The molecule has 1 saturated heterocycles. The van der Waals surface area contributed by atoms with Crippen LogP contribution in [0, 0.1) is 0 Å². The van der Waals surface area contributed by atoms with Crippen molar-refractivity contribution < 1.29 is 14.7 Å². The number of carbonyl (C=O) groups excluding carboxylic acids is 2. The molecule has 1 fully saturated rings. The fraction of sp³-hybridized carbons (Fsp3) is 0.0556. The van der Waals surface area contributed by atoms with Crippen molar-refractivity contribution in [2.75, 3.05) is 0 Å². The molecule has 0 aromatic heterocycles. The number of rotatable bonds is 4. The average Bonchev–Trinajstić information content (AvgIpc) is 2.83. The van der Waals surface area contributed by atoms with Crippen LogP contribution in [-0.2, 0) is 16.0 Å². The Morgan fingerprint density at radius 2 is 1.96 bits per heavy atom. The molecular formula is C18H14N2O3S2. The second-order valence-corrected chi connectivity index (χ2v) is 6.99. The van der Waals surface area contributed by atoms with Crippen molar-refractivity contribution in [3.8, 4) is 5.75 Å². The number of benzene rings is 2. The third-order valence-electron chi connectivity index (χ3n) is 3.41. The van der Waals surface area contributed by atoms with E-state index in [4.69, 9.17) is 12.2 Å². The molecule has 2 amide bonds. The number of thiocarbonyl (C=S) groups is 1. The summed E-state index contributed by atoms with van der Waals surface area (Å²) < 4.78 is 0.262. The second kappa shape index (κ2) is 7.50. The van der Waals surface area contributed by atoms with Crippen LogP contribution in [0.2, 0.25) is 0 Å². The molecule has 0 radical (unpaired) electrons. The van der Waals surface area contributed by atoms with Crippen LogP contribution in [0.25, 0.3) is 6.08 Å². The number of phenols is 1. The lowest BCUT2D eigenvalue weighted by atomic mass is 10.1. The molecule has 0 atom stereocenters. The van der Waals surface area contributed by atoms with Crippen molar-refractivity contribution >= 4 is 46.2 Å². The maximum Gasteiger partial charge on any atom is 0.285 e. The van der Waals surface area contributed by atoms with Gasteiger partial charge in [0.2, 0.25) is 5.91 Å². The lowest BCUT2D eigenvalue weighted by molar-refractivity contribution is -0.132. The van der Waals surface area contributed by atoms with Crippen molar-refractivity contribution in [3.05, 3.63) is 70.6 Å². The molecule has 5 nitrogen and oxygen atoms in total. The third-order valence-corrected chi connectivity index (χ3v) is 4.71. The highest BCUT2D eigenvalue weighted by Gasteiger charge is 2.33. The molecule has 1 aliphatic rings. The number of aromatic hydroxyl groups is 1. The van der Waals surface area contributed by atoms with Crippen LogP contribution in [0.15, 0.2) is 59.5 Å². The minimum Gasteiger partial charge on any atom is -0.508 e. The summed E-state index contributed by atoms with van der Waals surface area (Å²) in [4.78, 5) is 25.0. The summed E-state index contributed by atoms with van der Waals surface area (Å²) in [5.74, 6) is -0.596. The predicted molar refractivity (Wildman–Crippen MR) is 101 cm³/mol. The van der Waals surface area contributed by atoms with Crippen LogP contribution >= 0.6 is 24.0 Å². The largest absolute Gasteiger partial charge is 0.508 e. The molecule has 3 rings (SSSR count). The number of nitrogens with zero attached hydrogens (tertiary/aromatic N) is 1. The standard InChI is InChI=1S/C18H14N2O3S2/c21-14-8-4-7-13(9-14)10-15-17(23)20(18(24)25-15)19-16(22)11-12-5-2-1-3-6-12/h1-10,21H,11H2,(H,19,22)/b15-10+. The summed E-state index contributed by atoms with van der Waals surface area (Å²) in [7, 11) is 0. The Morgan fingerprint density at radius 3 is 2.68 bits per heavy atom. The Labute approximate surface area is 154 Å². The normalized spacial score (nSPS) is 15.7. The highest BCUT2D eigenvalue weighted by Crippen LogP contribution is 2.31. The number of hydrogen-bond acceptors (Lipinski definition) is 5. The predicted octanol–water partition coefficient (Wildman–Crippen LogP) is 2.87. The summed E-state index contributed by atoms with van der Waals surface area (Å²) in [5, 5.41) is 10.6. The number of hydrogen-bond donors (Lipinski definition) is 2. The van der Waals surface area contributed by atoms with Crippen molar-refractivity contribution in [2.24, 2.45) is 0 Å². The summed E-state index contributed by atoms with van der Waals surface area (Å²) in [6, 6.07) is 15.8. The topological polar surface area (TPSA) is 69.6 Å². The molecule has 2 N–H and O–H groups in total. The van der Waals surface area contributed by atoms with Gasteiger partial charge in [0, 0.05) is 0 Å². The van der Waals surface area contributed by atoms with Gasteiger partial charge >= 0.3 is 0 Å². The minimum atomic E-state index is -0.389. The summed E-state index contributed by atoms with van der Waals surface area (Å²) in [6.07, 6.45) is 1.78. The van der Waals surface area contributed by atoms with Gasteiger partial charge in [-0.2, -0.15) is 5.01 Å². The highest BCUT2D eigenvalue weighted by molar-refractivity contribution is 8.26. The molecule has 2 aromatic carbocycles. The smallest absolute Gasteiger partial charge is 0.285 e. The molecule has 0 aliphatic carbocycles. The summed E-state index contributed by atoms with van der Waals surface area (Å²) >= 11 is 6.29. The van der Waals surface area contributed by atoms with Crippen LogP contribution in [0.3, 0.4) is 0 Å². The van der Waals surface area contributed by atoms with Crippen molar-refractivity contribution in [2.45, 2.75) is 6.42 Å². The first kappa shape index (κ1) is 17.2. The molecule has 1 heterocycles. The van der Waals surface area contributed by atoms with E-state index in [1.165, 1.54) is 0 Å². The molecule has 0 spiro atoms. The Balaban J connectivity index is 1.70. The molecule has 2 aromatic rings. The maximum atomic E-state index is 12.5. The number of carbonyl (C=O) groups is 2. The molecule has 7 heteroatoms.